The van der Waals surface area contributed by atoms with Gasteiger partial charge in [0.2, 0.25) is 0 Å². The molecule has 0 aliphatic rings. The van der Waals surface area contributed by atoms with Crippen molar-refractivity contribution in [1.82, 2.24) is 0 Å². The van der Waals surface area contributed by atoms with Crippen LogP contribution in [0, 0.1) is 0 Å². The van der Waals surface area contributed by atoms with E-state index in [-0.39, 0.29) is 17.9 Å². The molecule has 0 spiro atoms. The molecule has 1 atom stereocenters. The summed E-state index contributed by atoms with van der Waals surface area (Å²) in [5.74, 6) is -58.8. The monoisotopic (exact) mass is 668 g/mol. The maximum atomic E-state index is 14.3. The van der Waals surface area contributed by atoms with E-state index in [1.165, 1.54) is 18.2 Å². The molecule has 0 amide bonds. The maximum Gasteiger partial charge on any atom is 0.584 e. The Labute approximate surface area is 221 Å². The van der Waals surface area contributed by atoms with Gasteiger partial charge in [-0.3, -0.25) is 4.89 Å². The first kappa shape index (κ1) is 35.2. The molecule has 2 aromatic carbocycles. The average molecular weight is 668 g/mol. The van der Waals surface area contributed by atoms with Crippen molar-refractivity contribution in [3.05, 3.63) is 60.2 Å². The third kappa shape index (κ3) is 5.44. The molecular weight excluding hydrogens is 658 g/mol. The Morgan fingerprint density at radius 3 is 1.19 bits per heavy atom. The topological polar surface area (TPSA) is 55.8 Å². The summed E-state index contributed by atoms with van der Waals surface area (Å²) >= 11 is 0. The zero-order chi connectivity index (χ0) is 33.0. The van der Waals surface area contributed by atoms with Gasteiger partial charge in [0.1, 0.15) is 11.5 Å². The highest BCUT2D eigenvalue weighted by molar-refractivity contribution is 7.48. The molecule has 1 unspecified atom stereocenters. The zero-order valence-corrected chi connectivity index (χ0v) is 20.1. The summed E-state index contributed by atoms with van der Waals surface area (Å²) in [6, 6.07) is 5.49. The average Bonchev–Trinajstić information content (AvgIpc) is 2.83. The first-order chi connectivity index (χ1) is 18.5. The van der Waals surface area contributed by atoms with E-state index < -0.39 is 78.9 Å². The van der Waals surface area contributed by atoms with Crippen LogP contribution in [0.5, 0.6) is 11.5 Å². The molecular formula is C20H10F17O4P. The first-order valence-electron chi connectivity index (χ1n) is 10.1. The largest absolute Gasteiger partial charge is 0.584 e. The van der Waals surface area contributed by atoms with Crippen LogP contribution in [0.15, 0.2) is 54.6 Å². The van der Waals surface area contributed by atoms with Crippen molar-refractivity contribution < 1.29 is 93.1 Å². The van der Waals surface area contributed by atoms with Gasteiger partial charge in [-0.15, -0.1) is 0 Å². The number of benzene rings is 2. The van der Waals surface area contributed by atoms with Crippen molar-refractivity contribution >= 4 is 7.82 Å². The molecule has 22 heteroatoms. The third-order valence-corrected chi connectivity index (χ3v) is 6.01. The van der Waals surface area contributed by atoms with Crippen LogP contribution < -0.4 is 9.05 Å². The number of para-hydroxylation sites is 1. The zero-order valence-electron chi connectivity index (χ0n) is 19.2. The summed E-state index contributed by atoms with van der Waals surface area (Å²) < 4.78 is 249. The molecule has 42 heavy (non-hydrogen) atoms. The van der Waals surface area contributed by atoms with Gasteiger partial charge in [-0.25, -0.2) is 4.57 Å². The maximum absolute atomic E-state index is 14.3. The molecule has 0 radical (unpaired) electrons. The summed E-state index contributed by atoms with van der Waals surface area (Å²) in [5, 5.41) is 0. The molecule has 1 N–H and O–H groups in total. The molecule has 2 rings (SSSR count). The fourth-order valence-corrected chi connectivity index (χ4v) is 3.65. The highest BCUT2D eigenvalue weighted by Crippen LogP contribution is 2.65. The minimum Gasteiger partial charge on any atom is -0.395 e. The number of phosphoric ester groups is 1. The Bertz CT molecular complexity index is 1290. The number of hydrogen-bond donors (Lipinski definition) is 1. The minimum absolute atomic E-state index is 0.0273. The van der Waals surface area contributed by atoms with Crippen molar-refractivity contribution in [2.45, 2.75) is 47.6 Å². The molecule has 0 fully saturated rings. The lowest BCUT2D eigenvalue weighted by Gasteiger charge is -2.42. The quantitative estimate of drug-likeness (QED) is 0.192. The molecule has 0 aromatic heterocycles. The second-order valence-corrected chi connectivity index (χ2v) is 9.31. The molecule has 2 aromatic rings. The standard InChI is InChI=1S/C20H10F17O4P/c21-13(22,10-6-8-12(9-7-10)41-42(38,39)40-11-4-2-1-3-5-11)14(23,24)15(25,26)16(27,28)17(29,30)18(31,32)19(33,34)20(35,36)37/h1-9H,(H,38,39). The van der Waals surface area contributed by atoms with Crippen molar-refractivity contribution in [2.24, 2.45) is 0 Å². The van der Waals surface area contributed by atoms with Crippen LogP contribution in [0.3, 0.4) is 0 Å². The van der Waals surface area contributed by atoms with Crippen LogP contribution in [0.25, 0.3) is 0 Å². The van der Waals surface area contributed by atoms with Gasteiger partial charge in [-0.05, 0) is 36.4 Å². The van der Waals surface area contributed by atoms with Gasteiger partial charge in [0.05, 0.1) is 0 Å². The number of rotatable bonds is 11. The summed E-state index contributed by atoms with van der Waals surface area (Å²) in [4.78, 5) is 9.63. The number of phosphoric acid groups is 1. The van der Waals surface area contributed by atoms with Crippen molar-refractivity contribution in [3.8, 4) is 11.5 Å². The summed E-state index contributed by atoms with van der Waals surface area (Å²) in [6.07, 6.45) is -7.84. The van der Waals surface area contributed by atoms with Crippen LogP contribution in [0.1, 0.15) is 5.56 Å². The Morgan fingerprint density at radius 1 is 0.476 bits per heavy atom. The number of halogens is 17. The van der Waals surface area contributed by atoms with Crippen LogP contribution in [-0.2, 0) is 10.5 Å². The Kier molecular flexibility index (Phi) is 8.68. The molecule has 238 valence electrons. The SMILES string of the molecule is O=P(O)(Oc1ccccc1)Oc1ccc(C(F)(F)C(F)(F)C(F)(F)C(F)(F)C(F)(F)C(F)(F)C(F)(F)C(F)(F)F)cc1. The molecule has 0 saturated heterocycles. The van der Waals surface area contributed by atoms with Gasteiger partial charge in [0.25, 0.3) is 0 Å². The Morgan fingerprint density at radius 2 is 0.810 bits per heavy atom. The Balaban J connectivity index is 2.46. The van der Waals surface area contributed by atoms with Gasteiger partial charge >= 0.3 is 55.5 Å². The van der Waals surface area contributed by atoms with Gasteiger partial charge in [-0.1, -0.05) is 18.2 Å². The summed E-state index contributed by atoms with van der Waals surface area (Å²) in [6.45, 7) is 0. The minimum atomic E-state index is -8.74. The molecule has 0 aliphatic carbocycles. The van der Waals surface area contributed by atoms with Crippen molar-refractivity contribution in [1.29, 1.82) is 0 Å². The highest BCUT2D eigenvalue weighted by Gasteiger charge is 2.95. The van der Waals surface area contributed by atoms with Gasteiger partial charge in [0.15, 0.2) is 0 Å². The van der Waals surface area contributed by atoms with Crippen LogP contribution in [-0.4, -0.2) is 46.6 Å². The molecule has 0 heterocycles. The van der Waals surface area contributed by atoms with E-state index in [2.05, 4.69) is 9.05 Å². The smallest absolute Gasteiger partial charge is 0.395 e. The molecule has 0 aliphatic heterocycles. The van der Waals surface area contributed by atoms with E-state index in [4.69, 9.17) is 0 Å². The predicted molar refractivity (Wildman–Crippen MR) is 104 cm³/mol. The lowest BCUT2D eigenvalue weighted by molar-refractivity contribution is -0.462. The van der Waals surface area contributed by atoms with E-state index >= 15 is 0 Å². The predicted octanol–water partition coefficient (Wildman–Crippen LogP) is 8.71. The van der Waals surface area contributed by atoms with Gasteiger partial charge in [0, 0.05) is 5.56 Å². The van der Waals surface area contributed by atoms with E-state index in [0.717, 1.165) is 12.1 Å². The van der Waals surface area contributed by atoms with E-state index in [1.54, 1.807) is 0 Å². The molecule has 4 nitrogen and oxygen atoms in total. The van der Waals surface area contributed by atoms with E-state index in [1.807, 2.05) is 0 Å². The fraction of sp³-hybridized carbons (Fsp3) is 0.400. The van der Waals surface area contributed by atoms with Gasteiger partial charge in [-0.2, -0.15) is 74.6 Å². The molecule has 0 bridgehead atoms. The van der Waals surface area contributed by atoms with Gasteiger partial charge < -0.3 is 9.05 Å². The van der Waals surface area contributed by atoms with Crippen LogP contribution >= 0.6 is 7.82 Å². The Hall–Kier alpha value is -2.96. The highest BCUT2D eigenvalue weighted by atomic mass is 31.2. The summed E-state index contributed by atoms with van der Waals surface area (Å²) in [7, 11) is -5.18. The lowest BCUT2D eigenvalue weighted by atomic mass is 9.87. The van der Waals surface area contributed by atoms with E-state index in [9.17, 15) is 84.1 Å². The lowest BCUT2D eigenvalue weighted by Crippen LogP contribution is -2.74. The van der Waals surface area contributed by atoms with Crippen LogP contribution in [0.4, 0.5) is 74.6 Å². The van der Waals surface area contributed by atoms with Crippen molar-refractivity contribution in [3.63, 3.8) is 0 Å². The first-order valence-corrected chi connectivity index (χ1v) is 11.6. The number of hydrogen-bond acceptors (Lipinski definition) is 3. The fourth-order valence-electron chi connectivity index (χ4n) is 2.84. The molecule has 0 saturated carbocycles. The second kappa shape index (κ2) is 10.3. The van der Waals surface area contributed by atoms with E-state index in [0.29, 0.717) is 0 Å². The van der Waals surface area contributed by atoms with Crippen molar-refractivity contribution in [2.75, 3.05) is 0 Å². The number of alkyl halides is 17. The second-order valence-electron chi connectivity index (χ2n) is 8.01. The summed E-state index contributed by atoms with van der Waals surface area (Å²) in [5.41, 5.74) is -2.51. The third-order valence-electron chi connectivity index (χ3n) is 5.12. The normalized spacial score (nSPS) is 16.1. The van der Waals surface area contributed by atoms with Crippen LogP contribution in [0.2, 0.25) is 0 Å².